The lowest BCUT2D eigenvalue weighted by atomic mass is 9.79. The van der Waals surface area contributed by atoms with Gasteiger partial charge < -0.3 is 5.11 Å². The Labute approximate surface area is 70.8 Å². The highest BCUT2D eigenvalue weighted by molar-refractivity contribution is 4.77. The minimum Gasteiger partial charge on any atom is -0.393 e. The molecule has 0 fully saturated rings. The Kier molecular flexibility index (Phi) is 3.13. The summed E-state index contributed by atoms with van der Waals surface area (Å²) >= 11 is 0. The van der Waals surface area contributed by atoms with E-state index in [0.717, 1.165) is 6.42 Å². The third-order valence-corrected chi connectivity index (χ3v) is 1.81. The standard InChI is InChI=1S/C10H22O/c1-9(2,3)7-8(11)10(4,5)6/h8,11H,7H2,1-6H3. The van der Waals surface area contributed by atoms with E-state index in [1.807, 2.05) is 0 Å². The van der Waals surface area contributed by atoms with Gasteiger partial charge in [-0.2, -0.15) is 0 Å². The van der Waals surface area contributed by atoms with Gasteiger partial charge in [0, 0.05) is 0 Å². The molecule has 1 nitrogen and oxygen atoms in total. The van der Waals surface area contributed by atoms with Crippen LogP contribution in [0.3, 0.4) is 0 Å². The minimum atomic E-state index is -0.192. The average Bonchev–Trinajstić information content (AvgIpc) is 1.56. The fourth-order valence-corrected chi connectivity index (χ4v) is 0.886. The van der Waals surface area contributed by atoms with Crippen LogP contribution in [0.25, 0.3) is 0 Å². The summed E-state index contributed by atoms with van der Waals surface area (Å²) in [6.45, 7) is 12.7. The van der Waals surface area contributed by atoms with Crippen LogP contribution < -0.4 is 0 Å². The highest BCUT2D eigenvalue weighted by Gasteiger charge is 2.26. The van der Waals surface area contributed by atoms with E-state index in [0.29, 0.717) is 0 Å². The third kappa shape index (κ3) is 5.25. The van der Waals surface area contributed by atoms with Gasteiger partial charge in [-0.1, -0.05) is 41.5 Å². The smallest absolute Gasteiger partial charge is 0.0593 e. The van der Waals surface area contributed by atoms with Gasteiger partial charge in [0.05, 0.1) is 6.10 Å². The number of rotatable bonds is 1. The fourth-order valence-electron chi connectivity index (χ4n) is 0.886. The first-order chi connectivity index (χ1) is 4.63. The van der Waals surface area contributed by atoms with E-state index in [9.17, 15) is 5.11 Å². The average molecular weight is 158 g/mol. The number of hydrogen-bond acceptors (Lipinski definition) is 1. The molecule has 0 aliphatic rings. The lowest BCUT2D eigenvalue weighted by Crippen LogP contribution is -2.30. The van der Waals surface area contributed by atoms with Crippen LogP contribution in [0.5, 0.6) is 0 Å². The molecule has 11 heavy (non-hydrogen) atoms. The van der Waals surface area contributed by atoms with Crippen LogP contribution in [0.4, 0.5) is 0 Å². The second-order valence-electron chi connectivity index (χ2n) is 5.65. The van der Waals surface area contributed by atoms with E-state index < -0.39 is 0 Å². The van der Waals surface area contributed by atoms with Crippen LogP contribution in [0, 0.1) is 10.8 Å². The van der Waals surface area contributed by atoms with Gasteiger partial charge >= 0.3 is 0 Å². The molecule has 0 radical (unpaired) electrons. The van der Waals surface area contributed by atoms with Gasteiger partial charge in [0.2, 0.25) is 0 Å². The zero-order valence-electron chi connectivity index (χ0n) is 8.73. The molecular weight excluding hydrogens is 136 g/mol. The van der Waals surface area contributed by atoms with Crippen molar-refractivity contribution in [3.05, 3.63) is 0 Å². The first-order valence-corrected chi connectivity index (χ1v) is 4.31. The zero-order chi connectivity index (χ0) is 9.28. The number of aliphatic hydroxyl groups excluding tert-OH is 1. The predicted molar refractivity (Wildman–Crippen MR) is 49.5 cm³/mol. The van der Waals surface area contributed by atoms with Crippen LogP contribution in [0.2, 0.25) is 0 Å². The van der Waals surface area contributed by atoms with E-state index in [4.69, 9.17) is 0 Å². The van der Waals surface area contributed by atoms with Gasteiger partial charge in [-0.3, -0.25) is 0 Å². The van der Waals surface area contributed by atoms with Crippen molar-refractivity contribution in [2.24, 2.45) is 10.8 Å². The van der Waals surface area contributed by atoms with Crippen molar-refractivity contribution in [3.8, 4) is 0 Å². The predicted octanol–water partition coefficient (Wildman–Crippen LogP) is 2.83. The molecule has 0 aliphatic heterocycles. The van der Waals surface area contributed by atoms with Gasteiger partial charge in [-0.25, -0.2) is 0 Å². The Morgan fingerprint density at radius 1 is 1.00 bits per heavy atom. The molecule has 0 aromatic heterocycles. The molecule has 0 aliphatic carbocycles. The molecular formula is C10H22O. The van der Waals surface area contributed by atoms with Gasteiger partial charge in [-0.15, -0.1) is 0 Å². The van der Waals surface area contributed by atoms with Crippen LogP contribution in [0.1, 0.15) is 48.0 Å². The molecule has 0 saturated heterocycles. The Bertz CT molecular complexity index is 114. The second-order valence-corrected chi connectivity index (χ2v) is 5.65. The topological polar surface area (TPSA) is 20.2 Å². The molecule has 0 saturated carbocycles. The van der Waals surface area contributed by atoms with Gasteiger partial charge in [0.15, 0.2) is 0 Å². The van der Waals surface area contributed by atoms with Crippen molar-refractivity contribution in [2.75, 3.05) is 0 Å². The summed E-state index contributed by atoms with van der Waals surface area (Å²) in [5, 5.41) is 9.72. The molecule has 0 heterocycles. The first kappa shape index (κ1) is 11.0. The molecule has 1 atom stereocenters. The normalized spacial score (nSPS) is 16.6. The van der Waals surface area contributed by atoms with Gasteiger partial charge in [0.25, 0.3) is 0 Å². The van der Waals surface area contributed by atoms with Crippen molar-refractivity contribution in [2.45, 2.75) is 54.1 Å². The maximum absolute atomic E-state index is 9.72. The van der Waals surface area contributed by atoms with Crippen molar-refractivity contribution in [3.63, 3.8) is 0 Å². The Balaban J connectivity index is 3.99. The maximum atomic E-state index is 9.72. The maximum Gasteiger partial charge on any atom is 0.0593 e. The van der Waals surface area contributed by atoms with Crippen molar-refractivity contribution in [1.82, 2.24) is 0 Å². The minimum absolute atomic E-state index is 0.0211. The molecule has 0 rings (SSSR count). The Morgan fingerprint density at radius 3 is 1.45 bits per heavy atom. The largest absolute Gasteiger partial charge is 0.393 e. The summed E-state index contributed by atoms with van der Waals surface area (Å²) in [7, 11) is 0. The van der Waals surface area contributed by atoms with Crippen molar-refractivity contribution in [1.29, 1.82) is 0 Å². The SMILES string of the molecule is CC(C)(C)CC(O)C(C)(C)C. The third-order valence-electron chi connectivity index (χ3n) is 1.81. The summed E-state index contributed by atoms with van der Waals surface area (Å²) in [6.07, 6.45) is 0.679. The Morgan fingerprint density at radius 2 is 1.36 bits per heavy atom. The van der Waals surface area contributed by atoms with E-state index in [1.54, 1.807) is 0 Å². The summed E-state index contributed by atoms with van der Waals surface area (Å²) in [6, 6.07) is 0. The Hall–Kier alpha value is -0.0400. The van der Waals surface area contributed by atoms with Crippen LogP contribution in [-0.2, 0) is 0 Å². The number of hydrogen-bond donors (Lipinski definition) is 1. The summed E-state index contributed by atoms with van der Waals surface area (Å²) in [4.78, 5) is 0. The quantitative estimate of drug-likeness (QED) is 0.622. The van der Waals surface area contributed by atoms with E-state index in [2.05, 4.69) is 41.5 Å². The molecule has 0 aromatic rings. The molecule has 0 bridgehead atoms. The number of aliphatic hydroxyl groups is 1. The van der Waals surface area contributed by atoms with Crippen LogP contribution >= 0.6 is 0 Å². The highest BCUT2D eigenvalue weighted by atomic mass is 16.3. The van der Waals surface area contributed by atoms with E-state index in [-0.39, 0.29) is 16.9 Å². The van der Waals surface area contributed by atoms with Gasteiger partial charge in [0.1, 0.15) is 0 Å². The first-order valence-electron chi connectivity index (χ1n) is 4.31. The fraction of sp³-hybridized carbons (Fsp3) is 1.00. The van der Waals surface area contributed by atoms with Crippen molar-refractivity contribution >= 4 is 0 Å². The van der Waals surface area contributed by atoms with E-state index in [1.165, 1.54) is 0 Å². The van der Waals surface area contributed by atoms with Gasteiger partial charge in [-0.05, 0) is 17.3 Å². The molecule has 68 valence electrons. The lowest BCUT2D eigenvalue weighted by Gasteiger charge is -2.31. The molecule has 0 aromatic carbocycles. The molecule has 0 amide bonds. The molecule has 0 spiro atoms. The van der Waals surface area contributed by atoms with Crippen LogP contribution in [-0.4, -0.2) is 11.2 Å². The molecule has 1 unspecified atom stereocenters. The summed E-state index contributed by atoms with van der Waals surface area (Å²) < 4.78 is 0. The van der Waals surface area contributed by atoms with Crippen molar-refractivity contribution < 1.29 is 5.11 Å². The molecule has 1 N–H and O–H groups in total. The van der Waals surface area contributed by atoms with Crippen LogP contribution in [0.15, 0.2) is 0 Å². The zero-order valence-corrected chi connectivity index (χ0v) is 8.73. The van der Waals surface area contributed by atoms with E-state index >= 15 is 0 Å². The second kappa shape index (κ2) is 3.14. The highest BCUT2D eigenvalue weighted by Crippen LogP contribution is 2.29. The molecule has 1 heteroatoms. The monoisotopic (exact) mass is 158 g/mol. The summed E-state index contributed by atoms with van der Waals surface area (Å²) in [5.74, 6) is 0. The summed E-state index contributed by atoms with van der Waals surface area (Å²) in [5.41, 5.74) is 0.250. The lowest BCUT2D eigenvalue weighted by molar-refractivity contribution is 0.0284.